The summed E-state index contributed by atoms with van der Waals surface area (Å²) in [6, 6.07) is 29.5. The molecule has 1 heterocycles. The third-order valence-electron chi connectivity index (χ3n) is 7.46. The molecule has 1 aliphatic heterocycles. The molecular formula is C34H31FN2O2. The van der Waals surface area contributed by atoms with E-state index in [1.807, 2.05) is 31.3 Å². The van der Waals surface area contributed by atoms with Crippen LogP contribution in [0.25, 0.3) is 0 Å². The molecule has 0 amide bonds. The molecule has 0 fully saturated rings. The molecule has 0 unspecified atom stereocenters. The third-order valence-corrected chi connectivity index (χ3v) is 7.46. The van der Waals surface area contributed by atoms with Gasteiger partial charge in [0, 0.05) is 17.8 Å². The van der Waals surface area contributed by atoms with Crippen LogP contribution in [0.15, 0.2) is 108 Å². The van der Waals surface area contributed by atoms with Gasteiger partial charge in [-0.1, -0.05) is 54.6 Å². The average Bonchev–Trinajstić information content (AvgIpc) is 3.47. The number of rotatable bonds is 8. The van der Waals surface area contributed by atoms with E-state index in [1.165, 1.54) is 28.9 Å². The lowest BCUT2D eigenvalue weighted by Crippen LogP contribution is -2.28. The molecule has 0 bridgehead atoms. The van der Waals surface area contributed by atoms with Crippen LogP contribution in [0.4, 0.5) is 15.8 Å². The highest BCUT2D eigenvalue weighted by atomic mass is 19.1. The molecule has 0 aromatic heterocycles. The SMILES string of the molecule is CCOc1cc(C=Nc2ccc([C@@H]3Nc4ccccc4[C@@H]4C=CC[C@H]43)cc2)ccc1OCc1ccc(F)cc1. The number of anilines is 1. The predicted molar refractivity (Wildman–Crippen MR) is 155 cm³/mol. The fraction of sp³-hybridized carbons (Fsp3) is 0.206. The molecular weight excluding hydrogens is 487 g/mol. The van der Waals surface area contributed by atoms with Gasteiger partial charge in [0.25, 0.3) is 0 Å². The topological polar surface area (TPSA) is 42.8 Å². The Balaban J connectivity index is 1.15. The molecule has 4 aromatic rings. The number of hydrogen-bond acceptors (Lipinski definition) is 4. The van der Waals surface area contributed by atoms with Crippen molar-refractivity contribution in [3.8, 4) is 11.5 Å². The number of ether oxygens (including phenoxy) is 2. The molecule has 0 saturated heterocycles. The Morgan fingerprint density at radius 3 is 2.56 bits per heavy atom. The average molecular weight is 519 g/mol. The van der Waals surface area contributed by atoms with Crippen molar-refractivity contribution in [2.24, 2.45) is 10.9 Å². The molecule has 4 aromatic carbocycles. The number of benzene rings is 4. The number of fused-ring (bicyclic) bond motifs is 3. The van der Waals surface area contributed by atoms with Gasteiger partial charge in [0.05, 0.1) is 18.3 Å². The smallest absolute Gasteiger partial charge is 0.161 e. The standard InChI is InChI=1S/C34H31FN2O2/c1-2-38-33-20-24(12-19-32(33)39-22-23-10-15-26(35)16-11-23)21-36-27-17-13-25(14-18-27)34-30-8-5-7-28(30)29-6-3-4-9-31(29)37-34/h3-7,9-21,28,30,34,37H,2,8,22H2,1H3/t28-,30+,34-/m0/s1. The molecule has 3 atom stereocenters. The minimum atomic E-state index is -0.261. The fourth-order valence-corrected chi connectivity index (χ4v) is 5.52. The summed E-state index contributed by atoms with van der Waals surface area (Å²) in [6.45, 7) is 2.79. The van der Waals surface area contributed by atoms with Crippen LogP contribution in [-0.2, 0) is 6.61 Å². The molecule has 6 rings (SSSR count). The van der Waals surface area contributed by atoms with Gasteiger partial charge in [0.15, 0.2) is 11.5 Å². The summed E-state index contributed by atoms with van der Waals surface area (Å²) >= 11 is 0. The maximum Gasteiger partial charge on any atom is 0.161 e. The first kappa shape index (κ1) is 24.9. The Morgan fingerprint density at radius 2 is 1.74 bits per heavy atom. The van der Waals surface area contributed by atoms with Crippen molar-refractivity contribution in [3.63, 3.8) is 0 Å². The zero-order valence-corrected chi connectivity index (χ0v) is 21.9. The Kier molecular flexibility index (Phi) is 7.13. The van der Waals surface area contributed by atoms with E-state index < -0.39 is 0 Å². The number of nitrogens with zero attached hydrogens (tertiary/aromatic N) is 1. The summed E-state index contributed by atoms with van der Waals surface area (Å²) in [5.41, 5.74) is 6.61. The Bertz CT molecular complexity index is 1490. The summed E-state index contributed by atoms with van der Waals surface area (Å²) in [5, 5.41) is 3.79. The molecule has 5 heteroatoms. The fourth-order valence-electron chi connectivity index (χ4n) is 5.52. The lowest BCUT2D eigenvalue weighted by atomic mass is 9.77. The summed E-state index contributed by atoms with van der Waals surface area (Å²) < 4.78 is 25.0. The van der Waals surface area contributed by atoms with E-state index in [2.05, 4.69) is 66.0 Å². The van der Waals surface area contributed by atoms with E-state index in [0.29, 0.717) is 36.5 Å². The molecule has 196 valence electrons. The van der Waals surface area contributed by atoms with Crippen LogP contribution in [0.2, 0.25) is 0 Å². The van der Waals surface area contributed by atoms with Gasteiger partial charge in [-0.2, -0.15) is 0 Å². The van der Waals surface area contributed by atoms with Crippen LogP contribution in [0.1, 0.15) is 47.6 Å². The van der Waals surface area contributed by atoms with E-state index in [-0.39, 0.29) is 11.9 Å². The largest absolute Gasteiger partial charge is 0.490 e. The molecule has 0 radical (unpaired) electrons. The van der Waals surface area contributed by atoms with Gasteiger partial charge >= 0.3 is 0 Å². The number of hydrogen-bond donors (Lipinski definition) is 1. The lowest BCUT2D eigenvalue weighted by Gasteiger charge is -2.37. The lowest BCUT2D eigenvalue weighted by molar-refractivity contribution is 0.269. The zero-order chi connectivity index (χ0) is 26.6. The summed E-state index contributed by atoms with van der Waals surface area (Å²) in [6.07, 6.45) is 7.61. The van der Waals surface area contributed by atoms with Gasteiger partial charge in [-0.3, -0.25) is 4.99 Å². The van der Waals surface area contributed by atoms with Gasteiger partial charge in [-0.05, 0) is 90.0 Å². The van der Waals surface area contributed by atoms with E-state index in [1.54, 1.807) is 12.1 Å². The molecule has 2 aliphatic rings. The predicted octanol–water partition coefficient (Wildman–Crippen LogP) is 8.38. The first-order chi connectivity index (χ1) is 19.2. The number of nitrogens with one attached hydrogen (secondary N) is 1. The van der Waals surface area contributed by atoms with Gasteiger partial charge < -0.3 is 14.8 Å². The normalized spacial score (nSPS) is 19.4. The minimum Gasteiger partial charge on any atom is -0.490 e. The van der Waals surface area contributed by atoms with E-state index in [4.69, 9.17) is 14.5 Å². The second-order valence-corrected chi connectivity index (χ2v) is 9.97. The zero-order valence-electron chi connectivity index (χ0n) is 21.9. The van der Waals surface area contributed by atoms with Gasteiger partial charge in [-0.25, -0.2) is 4.39 Å². The highest BCUT2D eigenvalue weighted by molar-refractivity contribution is 5.83. The van der Waals surface area contributed by atoms with Crippen LogP contribution in [0, 0.1) is 11.7 Å². The van der Waals surface area contributed by atoms with Gasteiger partial charge in [0.2, 0.25) is 0 Å². The van der Waals surface area contributed by atoms with Crippen molar-refractivity contribution in [3.05, 3.63) is 131 Å². The molecule has 0 saturated carbocycles. The van der Waals surface area contributed by atoms with E-state index in [9.17, 15) is 4.39 Å². The second kappa shape index (κ2) is 11.2. The van der Waals surface area contributed by atoms with E-state index in [0.717, 1.165) is 23.2 Å². The third kappa shape index (κ3) is 5.44. The number of para-hydroxylation sites is 1. The Hall–Kier alpha value is -4.38. The van der Waals surface area contributed by atoms with Crippen LogP contribution >= 0.6 is 0 Å². The van der Waals surface area contributed by atoms with Gasteiger partial charge in [-0.15, -0.1) is 0 Å². The minimum absolute atomic E-state index is 0.261. The first-order valence-corrected chi connectivity index (χ1v) is 13.5. The summed E-state index contributed by atoms with van der Waals surface area (Å²) in [5.74, 6) is 2.02. The van der Waals surface area contributed by atoms with Crippen LogP contribution in [0.5, 0.6) is 11.5 Å². The Morgan fingerprint density at radius 1 is 0.923 bits per heavy atom. The van der Waals surface area contributed by atoms with Crippen molar-refractivity contribution in [2.75, 3.05) is 11.9 Å². The van der Waals surface area contributed by atoms with Crippen molar-refractivity contribution in [1.82, 2.24) is 0 Å². The molecule has 39 heavy (non-hydrogen) atoms. The first-order valence-electron chi connectivity index (χ1n) is 13.5. The van der Waals surface area contributed by atoms with Crippen LogP contribution < -0.4 is 14.8 Å². The highest BCUT2D eigenvalue weighted by Crippen LogP contribution is 2.49. The number of halogens is 1. The number of aliphatic imine (C=N–C) groups is 1. The molecule has 0 spiro atoms. The van der Waals surface area contributed by atoms with E-state index >= 15 is 0 Å². The molecule has 1 aliphatic carbocycles. The number of allylic oxidation sites excluding steroid dienone is 2. The maximum absolute atomic E-state index is 13.2. The van der Waals surface area contributed by atoms with Crippen molar-refractivity contribution in [1.29, 1.82) is 0 Å². The summed E-state index contributed by atoms with van der Waals surface area (Å²) in [7, 11) is 0. The maximum atomic E-state index is 13.2. The second-order valence-electron chi connectivity index (χ2n) is 9.97. The van der Waals surface area contributed by atoms with Crippen molar-refractivity contribution in [2.45, 2.75) is 31.9 Å². The molecule has 4 nitrogen and oxygen atoms in total. The van der Waals surface area contributed by atoms with Gasteiger partial charge in [0.1, 0.15) is 12.4 Å². The monoisotopic (exact) mass is 518 g/mol. The molecule has 1 N–H and O–H groups in total. The summed E-state index contributed by atoms with van der Waals surface area (Å²) in [4.78, 5) is 4.71. The van der Waals surface area contributed by atoms with Crippen molar-refractivity contribution >= 4 is 17.6 Å². The quantitative estimate of drug-likeness (QED) is 0.188. The van der Waals surface area contributed by atoms with Crippen LogP contribution in [0.3, 0.4) is 0 Å². The van der Waals surface area contributed by atoms with Crippen molar-refractivity contribution < 1.29 is 13.9 Å². The highest BCUT2D eigenvalue weighted by Gasteiger charge is 2.37. The Labute approximate surface area is 228 Å². The van der Waals surface area contributed by atoms with Crippen LogP contribution in [-0.4, -0.2) is 12.8 Å².